The molecule has 1 amide bonds. The molecule has 0 bridgehead atoms. The van der Waals surface area contributed by atoms with Crippen LogP contribution in [0.1, 0.15) is 30.5 Å². The largest absolute Gasteiger partial charge is 0.497 e. The molecule has 0 saturated carbocycles. The highest BCUT2D eigenvalue weighted by Gasteiger charge is 2.11. The Hall–Kier alpha value is -2.49. The lowest BCUT2D eigenvalue weighted by atomic mass is 10.0. The van der Waals surface area contributed by atoms with Crippen LogP contribution < -0.4 is 14.8 Å². The average Bonchev–Trinajstić information content (AvgIpc) is 2.55. The number of ether oxygens (including phenoxy) is 2. The van der Waals surface area contributed by atoms with Crippen LogP contribution in [0.15, 0.2) is 48.5 Å². The lowest BCUT2D eigenvalue weighted by Gasteiger charge is -2.16. The first-order chi connectivity index (χ1) is 11.1. The molecule has 1 atom stereocenters. The first-order valence-corrected chi connectivity index (χ1v) is 7.72. The van der Waals surface area contributed by atoms with Crippen LogP contribution in [0.5, 0.6) is 11.5 Å². The summed E-state index contributed by atoms with van der Waals surface area (Å²) >= 11 is 0. The molecule has 2 aromatic carbocycles. The number of hydrogen-bond donors (Lipinski definition) is 1. The number of benzene rings is 2. The topological polar surface area (TPSA) is 47.6 Å². The SMILES string of the molecule is COc1ccc(OCCC(=O)NC(C)c2ccccc2C)cc1. The van der Waals surface area contributed by atoms with Crippen LogP contribution in [-0.4, -0.2) is 19.6 Å². The molecule has 4 heteroatoms. The lowest BCUT2D eigenvalue weighted by molar-refractivity contribution is -0.122. The lowest BCUT2D eigenvalue weighted by Crippen LogP contribution is -2.28. The number of methoxy groups -OCH3 is 1. The van der Waals surface area contributed by atoms with E-state index in [1.807, 2.05) is 62.4 Å². The van der Waals surface area contributed by atoms with Crippen LogP contribution in [0.2, 0.25) is 0 Å². The summed E-state index contributed by atoms with van der Waals surface area (Å²) in [5.74, 6) is 1.49. The summed E-state index contributed by atoms with van der Waals surface area (Å²) in [6.07, 6.45) is 0.322. The highest BCUT2D eigenvalue weighted by molar-refractivity contribution is 5.76. The van der Waals surface area contributed by atoms with Crippen molar-refractivity contribution < 1.29 is 14.3 Å². The Bertz CT molecular complexity index is 637. The van der Waals surface area contributed by atoms with Crippen LogP contribution in [-0.2, 0) is 4.79 Å². The van der Waals surface area contributed by atoms with E-state index in [0.29, 0.717) is 13.0 Å². The molecule has 0 radical (unpaired) electrons. The second-order valence-corrected chi connectivity index (χ2v) is 5.42. The van der Waals surface area contributed by atoms with E-state index in [4.69, 9.17) is 9.47 Å². The Morgan fingerprint density at radius 1 is 1.09 bits per heavy atom. The third-order valence-electron chi connectivity index (χ3n) is 3.69. The zero-order valence-corrected chi connectivity index (χ0v) is 13.8. The van der Waals surface area contributed by atoms with Crippen LogP contribution in [0.25, 0.3) is 0 Å². The zero-order chi connectivity index (χ0) is 16.7. The summed E-state index contributed by atoms with van der Waals surface area (Å²) < 4.78 is 10.7. The second-order valence-electron chi connectivity index (χ2n) is 5.42. The van der Waals surface area contributed by atoms with Gasteiger partial charge in [-0.3, -0.25) is 4.79 Å². The molecule has 4 nitrogen and oxygen atoms in total. The molecule has 0 spiro atoms. The molecule has 0 saturated heterocycles. The Morgan fingerprint density at radius 3 is 2.39 bits per heavy atom. The molecule has 0 aliphatic heterocycles. The predicted molar refractivity (Wildman–Crippen MR) is 90.8 cm³/mol. The Kier molecular flexibility index (Phi) is 6.03. The van der Waals surface area contributed by atoms with Gasteiger partial charge in [0, 0.05) is 0 Å². The molecule has 2 aromatic rings. The van der Waals surface area contributed by atoms with Gasteiger partial charge in [0.2, 0.25) is 5.91 Å². The molecule has 2 rings (SSSR count). The minimum absolute atomic E-state index is 0.00955. The predicted octanol–water partition coefficient (Wildman–Crippen LogP) is 3.65. The smallest absolute Gasteiger partial charge is 0.223 e. The maximum atomic E-state index is 12.0. The highest BCUT2D eigenvalue weighted by Crippen LogP contribution is 2.18. The zero-order valence-electron chi connectivity index (χ0n) is 13.8. The number of hydrogen-bond acceptors (Lipinski definition) is 3. The third-order valence-corrected chi connectivity index (χ3v) is 3.69. The molecular formula is C19H23NO3. The monoisotopic (exact) mass is 313 g/mol. The van der Waals surface area contributed by atoms with Gasteiger partial charge in [0.1, 0.15) is 11.5 Å². The number of carbonyl (C=O) groups excluding carboxylic acids is 1. The van der Waals surface area contributed by atoms with Crippen molar-refractivity contribution in [1.82, 2.24) is 5.32 Å². The van der Waals surface area contributed by atoms with E-state index in [0.717, 1.165) is 17.1 Å². The first-order valence-electron chi connectivity index (χ1n) is 7.72. The van der Waals surface area contributed by atoms with E-state index in [-0.39, 0.29) is 11.9 Å². The molecule has 0 aliphatic carbocycles. The van der Waals surface area contributed by atoms with Gasteiger partial charge >= 0.3 is 0 Å². The van der Waals surface area contributed by atoms with Gasteiger partial charge in [-0.05, 0) is 49.2 Å². The molecule has 0 aromatic heterocycles. The third kappa shape index (κ3) is 5.02. The number of nitrogens with one attached hydrogen (secondary N) is 1. The van der Waals surface area contributed by atoms with Crippen molar-refractivity contribution in [3.05, 3.63) is 59.7 Å². The van der Waals surface area contributed by atoms with Crippen molar-refractivity contribution >= 4 is 5.91 Å². The summed E-state index contributed by atoms with van der Waals surface area (Å²) in [5, 5.41) is 3.00. The van der Waals surface area contributed by atoms with Gasteiger partial charge < -0.3 is 14.8 Å². The van der Waals surface area contributed by atoms with Gasteiger partial charge in [-0.1, -0.05) is 24.3 Å². The summed E-state index contributed by atoms with van der Waals surface area (Å²) in [7, 11) is 1.62. The normalized spacial score (nSPS) is 11.6. The van der Waals surface area contributed by atoms with Crippen molar-refractivity contribution in [2.75, 3.05) is 13.7 Å². The van der Waals surface area contributed by atoms with Crippen molar-refractivity contribution in [3.8, 4) is 11.5 Å². The molecule has 1 N–H and O–H groups in total. The summed E-state index contributed by atoms with van der Waals surface area (Å²) in [6, 6.07) is 15.4. The number of amides is 1. The van der Waals surface area contributed by atoms with Crippen LogP contribution in [0.3, 0.4) is 0 Å². The number of aryl methyl sites for hydroxylation is 1. The molecule has 0 fully saturated rings. The van der Waals surface area contributed by atoms with E-state index < -0.39 is 0 Å². The van der Waals surface area contributed by atoms with Gasteiger partial charge in [0.25, 0.3) is 0 Å². The van der Waals surface area contributed by atoms with E-state index in [1.165, 1.54) is 5.56 Å². The van der Waals surface area contributed by atoms with Crippen molar-refractivity contribution in [2.45, 2.75) is 26.3 Å². The summed E-state index contributed by atoms with van der Waals surface area (Å²) in [5.41, 5.74) is 2.31. The van der Waals surface area contributed by atoms with Crippen LogP contribution in [0, 0.1) is 6.92 Å². The molecule has 23 heavy (non-hydrogen) atoms. The highest BCUT2D eigenvalue weighted by atomic mass is 16.5. The van der Waals surface area contributed by atoms with Gasteiger partial charge in [0.15, 0.2) is 0 Å². The molecular weight excluding hydrogens is 290 g/mol. The molecule has 1 unspecified atom stereocenters. The maximum absolute atomic E-state index is 12.0. The minimum atomic E-state index is -0.0192. The fourth-order valence-corrected chi connectivity index (χ4v) is 2.40. The quantitative estimate of drug-likeness (QED) is 0.849. The fourth-order valence-electron chi connectivity index (χ4n) is 2.40. The standard InChI is InChI=1S/C19H23NO3/c1-14-6-4-5-7-18(14)15(2)20-19(21)12-13-23-17-10-8-16(22-3)9-11-17/h4-11,15H,12-13H2,1-3H3,(H,20,21). The van der Waals surface area contributed by atoms with Crippen molar-refractivity contribution in [1.29, 1.82) is 0 Å². The second kappa shape index (κ2) is 8.22. The van der Waals surface area contributed by atoms with Gasteiger partial charge in [-0.15, -0.1) is 0 Å². The maximum Gasteiger partial charge on any atom is 0.223 e. The van der Waals surface area contributed by atoms with E-state index in [1.54, 1.807) is 7.11 Å². The summed E-state index contributed by atoms with van der Waals surface area (Å²) in [6.45, 7) is 4.38. The average molecular weight is 313 g/mol. The van der Waals surface area contributed by atoms with Crippen molar-refractivity contribution in [2.24, 2.45) is 0 Å². The van der Waals surface area contributed by atoms with Crippen molar-refractivity contribution in [3.63, 3.8) is 0 Å². The Morgan fingerprint density at radius 2 is 1.74 bits per heavy atom. The van der Waals surface area contributed by atoms with Gasteiger partial charge in [-0.2, -0.15) is 0 Å². The molecule has 0 heterocycles. The Labute approximate surface area is 137 Å². The minimum Gasteiger partial charge on any atom is -0.497 e. The van der Waals surface area contributed by atoms with Crippen LogP contribution >= 0.6 is 0 Å². The molecule has 0 aliphatic rings. The van der Waals surface area contributed by atoms with Crippen LogP contribution in [0.4, 0.5) is 0 Å². The van der Waals surface area contributed by atoms with E-state index in [2.05, 4.69) is 5.32 Å². The number of rotatable bonds is 7. The molecule has 122 valence electrons. The van der Waals surface area contributed by atoms with Gasteiger partial charge in [0.05, 0.1) is 26.2 Å². The van der Waals surface area contributed by atoms with Gasteiger partial charge in [-0.25, -0.2) is 0 Å². The summed E-state index contributed by atoms with van der Waals surface area (Å²) in [4.78, 5) is 12.0. The number of carbonyl (C=O) groups is 1. The van der Waals surface area contributed by atoms with E-state index in [9.17, 15) is 4.79 Å². The fraction of sp³-hybridized carbons (Fsp3) is 0.316. The van der Waals surface area contributed by atoms with E-state index >= 15 is 0 Å². The first kappa shape index (κ1) is 16.9. The Balaban J connectivity index is 1.77.